The van der Waals surface area contributed by atoms with E-state index >= 15 is 0 Å². The molecule has 1 aromatic carbocycles. The van der Waals surface area contributed by atoms with Gasteiger partial charge in [-0.1, -0.05) is 29.8 Å². The first-order chi connectivity index (χ1) is 14.4. The number of carbonyl (C=O) groups excluding carboxylic acids is 1. The van der Waals surface area contributed by atoms with E-state index in [4.69, 9.17) is 11.6 Å². The molecule has 8 heteroatoms. The van der Waals surface area contributed by atoms with Crippen molar-refractivity contribution in [1.82, 2.24) is 29.4 Å². The summed E-state index contributed by atoms with van der Waals surface area (Å²) in [6, 6.07) is 13.4. The number of hydrogen-bond acceptors (Lipinski definition) is 3. The van der Waals surface area contributed by atoms with Crippen molar-refractivity contribution < 1.29 is 4.79 Å². The van der Waals surface area contributed by atoms with E-state index in [2.05, 4.69) is 15.4 Å². The highest BCUT2D eigenvalue weighted by atomic mass is 35.5. The van der Waals surface area contributed by atoms with E-state index in [-0.39, 0.29) is 6.03 Å². The monoisotopic (exact) mass is 422 g/mol. The van der Waals surface area contributed by atoms with Crippen molar-refractivity contribution in [3.05, 3.63) is 82.5 Å². The van der Waals surface area contributed by atoms with Gasteiger partial charge in [0.15, 0.2) is 0 Å². The summed E-state index contributed by atoms with van der Waals surface area (Å²) >= 11 is 6.01. The Morgan fingerprint density at radius 2 is 1.90 bits per heavy atom. The van der Waals surface area contributed by atoms with Crippen LogP contribution in [-0.4, -0.2) is 37.1 Å². The van der Waals surface area contributed by atoms with Crippen molar-refractivity contribution in [1.29, 1.82) is 0 Å². The van der Waals surface area contributed by atoms with Gasteiger partial charge in [0.05, 0.1) is 35.2 Å². The average Bonchev–Trinajstić information content (AvgIpc) is 3.27. The summed E-state index contributed by atoms with van der Waals surface area (Å²) in [5.41, 5.74) is 5.53. The minimum Gasteiger partial charge on any atom is -0.332 e. The third-order valence-corrected chi connectivity index (χ3v) is 5.29. The maximum Gasteiger partial charge on any atom is 0.317 e. The van der Waals surface area contributed by atoms with Crippen LogP contribution >= 0.6 is 11.6 Å². The number of nitrogens with one attached hydrogen (secondary N) is 1. The first-order valence-corrected chi connectivity index (χ1v) is 10.0. The molecule has 0 aliphatic carbocycles. The quantitative estimate of drug-likeness (QED) is 0.525. The first kappa shape index (κ1) is 20.0. The smallest absolute Gasteiger partial charge is 0.317 e. The summed E-state index contributed by atoms with van der Waals surface area (Å²) in [5.74, 6) is 0. The van der Waals surface area contributed by atoms with Crippen LogP contribution in [0.4, 0.5) is 4.79 Å². The fraction of sp³-hybridized carbons (Fsp3) is 0.227. The van der Waals surface area contributed by atoms with E-state index in [1.807, 2.05) is 65.5 Å². The highest BCUT2D eigenvalue weighted by Gasteiger charge is 2.17. The van der Waals surface area contributed by atoms with Crippen molar-refractivity contribution in [2.75, 3.05) is 7.05 Å². The SMILES string of the molecule is Cc1nn(-c2ccccc2)c(C)c1CN(C)C(=O)NCc1cn2cc(Cl)ccc2n1. The second-order valence-electron chi connectivity index (χ2n) is 7.26. The Balaban J connectivity index is 1.42. The van der Waals surface area contributed by atoms with E-state index in [9.17, 15) is 4.79 Å². The van der Waals surface area contributed by atoms with Crippen LogP contribution in [0.3, 0.4) is 0 Å². The maximum absolute atomic E-state index is 12.6. The number of aryl methyl sites for hydroxylation is 1. The molecule has 0 radical (unpaired) electrons. The summed E-state index contributed by atoms with van der Waals surface area (Å²) in [6.45, 7) is 4.80. The molecule has 0 aliphatic rings. The van der Waals surface area contributed by atoms with Crippen LogP contribution in [0.25, 0.3) is 11.3 Å². The van der Waals surface area contributed by atoms with Gasteiger partial charge in [-0.05, 0) is 38.1 Å². The van der Waals surface area contributed by atoms with E-state index in [1.165, 1.54) is 0 Å². The van der Waals surface area contributed by atoms with Crippen molar-refractivity contribution >= 4 is 23.3 Å². The maximum atomic E-state index is 12.6. The second-order valence-corrected chi connectivity index (χ2v) is 7.69. The number of urea groups is 1. The zero-order chi connectivity index (χ0) is 21.3. The molecule has 4 aromatic rings. The van der Waals surface area contributed by atoms with Gasteiger partial charge < -0.3 is 14.6 Å². The Labute approximate surface area is 179 Å². The fourth-order valence-corrected chi connectivity index (χ4v) is 3.61. The fourth-order valence-electron chi connectivity index (χ4n) is 3.44. The number of fused-ring (bicyclic) bond motifs is 1. The Bertz CT molecular complexity index is 1200. The number of benzene rings is 1. The average molecular weight is 423 g/mol. The lowest BCUT2D eigenvalue weighted by molar-refractivity contribution is 0.206. The molecule has 0 atom stereocenters. The van der Waals surface area contributed by atoms with Crippen LogP contribution < -0.4 is 5.32 Å². The molecule has 1 N–H and O–H groups in total. The van der Waals surface area contributed by atoms with Gasteiger partial charge >= 0.3 is 6.03 Å². The molecule has 0 bridgehead atoms. The van der Waals surface area contributed by atoms with Gasteiger partial charge in [-0.15, -0.1) is 0 Å². The summed E-state index contributed by atoms with van der Waals surface area (Å²) in [5, 5.41) is 8.21. The first-order valence-electron chi connectivity index (χ1n) is 9.65. The molecule has 0 fully saturated rings. The Morgan fingerprint density at radius 3 is 2.67 bits per heavy atom. The van der Waals surface area contributed by atoms with Crippen LogP contribution in [0.5, 0.6) is 0 Å². The van der Waals surface area contributed by atoms with Crippen LogP contribution in [-0.2, 0) is 13.1 Å². The number of hydrogen-bond donors (Lipinski definition) is 1. The lowest BCUT2D eigenvalue weighted by Gasteiger charge is -2.18. The van der Waals surface area contributed by atoms with Gasteiger partial charge in [-0.2, -0.15) is 5.10 Å². The number of pyridine rings is 1. The minimum absolute atomic E-state index is 0.170. The van der Waals surface area contributed by atoms with Crippen molar-refractivity contribution in [3.8, 4) is 5.69 Å². The van der Waals surface area contributed by atoms with Gasteiger partial charge in [0.1, 0.15) is 5.65 Å². The molecule has 30 heavy (non-hydrogen) atoms. The molecule has 7 nitrogen and oxygen atoms in total. The predicted molar refractivity (Wildman–Crippen MR) is 117 cm³/mol. The third-order valence-electron chi connectivity index (χ3n) is 5.07. The van der Waals surface area contributed by atoms with Crippen LogP contribution in [0.1, 0.15) is 22.6 Å². The zero-order valence-corrected chi connectivity index (χ0v) is 17.9. The summed E-state index contributed by atoms with van der Waals surface area (Å²) in [7, 11) is 1.78. The van der Waals surface area contributed by atoms with Gasteiger partial charge in [0.25, 0.3) is 0 Å². The minimum atomic E-state index is -0.170. The van der Waals surface area contributed by atoms with E-state index in [0.29, 0.717) is 18.1 Å². The molecule has 4 rings (SSSR count). The van der Waals surface area contributed by atoms with Crippen molar-refractivity contribution in [2.45, 2.75) is 26.9 Å². The number of aromatic nitrogens is 4. The second kappa shape index (κ2) is 8.20. The highest BCUT2D eigenvalue weighted by Crippen LogP contribution is 2.19. The van der Waals surface area contributed by atoms with E-state index < -0.39 is 0 Å². The summed E-state index contributed by atoms with van der Waals surface area (Å²) < 4.78 is 3.76. The normalized spacial score (nSPS) is 11.1. The molecule has 0 saturated heterocycles. The molecule has 0 aliphatic heterocycles. The lowest BCUT2D eigenvalue weighted by atomic mass is 10.2. The number of para-hydroxylation sites is 1. The molecule has 0 unspecified atom stereocenters. The third kappa shape index (κ3) is 4.02. The van der Waals surface area contributed by atoms with Crippen LogP contribution in [0, 0.1) is 13.8 Å². The van der Waals surface area contributed by atoms with E-state index in [0.717, 1.165) is 34.0 Å². The number of amides is 2. The largest absolute Gasteiger partial charge is 0.332 e. The number of rotatable bonds is 5. The summed E-state index contributed by atoms with van der Waals surface area (Å²) in [4.78, 5) is 18.8. The Kier molecular flexibility index (Phi) is 5.46. The Morgan fingerprint density at radius 1 is 1.13 bits per heavy atom. The number of imidazole rings is 1. The topological polar surface area (TPSA) is 67.5 Å². The number of halogens is 1. The molecule has 0 saturated carbocycles. The molecule has 154 valence electrons. The van der Waals surface area contributed by atoms with Crippen molar-refractivity contribution in [2.24, 2.45) is 0 Å². The number of nitrogens with zero attached hydrogens (tertiary/aromatic N) is 5. The standard InChI is InChI=1S/C22H23ClN6O/c1-15-20(16(2)29(26-15)19-7-5-4-6-8-19)14-27(3)22(30)24-11-18-13-28-12-17(23)9-10-21(28)25-18/h4-10,12-13H,11,14H2,1-3H3,(H,24,30). The zero-order valence-electron chi connectivity index (χ0n) is 17.1. The van der Waals surface area contributed by atoms with E-state index in [1.54, 1.807) is 24.2 Å². The molecular weight excluding hydrogens is 400 g/mol. The Hall–Kier alpha value is -3.32. The van der Waals surface area contributed by atoms with Crippen LogP contribution in [0.15, 0.2) is 54.9 Å². The number of carbonyl (C=O) groups is 1. The van der Waals surface area contributed by atoms with Crippen LogP contribution in [0.2, 0.25) is 5.02 Å². The van der Waals surface area contributed by atoms with Gasteiger partial charge in [-0.3, -0.25) is 0 Å². The summed E-state index contributed by atoms with van der Waals surface area (Å²) in [6.07, 6.45) is 3.65. The predicted octanol–water partition coefficient (Wildman–Crippen LogP) is 4.13. The lowest BCUT2D eigenvalue weighted by Crippen LogP contribution is -2.36. The molecule has 3 aromatic heterocycles. The van der Waals surface area contributed by atoms with Crippen molar-refractivity contribution in [3.63, 3.8) is 0 Å². The molecule has 0 spiro atoms. The van der Waals surface area contributed by atoms with Gasteiger partial charge in [0, 0.05) is 30.7 Å². The highest BCUT2D eigenvalue weighted by molar-refractivity contribution is 6.30. The molecule has 2 amide bonds. The molecular formula is C22H23ClN6O. The molecule has 3 heterocycles. The van der Waals surface area contributed by atoms with Gasteiger partial charge in [-0.25, -0.2) is 14.5 Å². The van der Waals surface area contributed by atoms with Gasteiger partial charge in [0.2, 0.25) is 0 Å².